The first-order chi connectivity index (χ1) is 15.9. The van der Waals surface area contributed by atoms with Crippen LogP contribution >= 0.6 is 15.7 Å². The van der Waals surface area contributed by atoms with Crippen LogP contribution in [-0.4, -0.2) is 0 Å². The summed E-state index contributed by atoms with van der Waals surface area (Å²) < 4.78 is 0. The van der Waals surface area contributed by atoms with E-state index in [1.165, 1.54) is 44.5 Å². The maximum Gasteiger partial charge on any atom is 0.0148 e. The van der Waals surface area contributed by atoms with E-state index in [0.717, 1.165) is 15.7 Å². The summed E-state index contributed by atoms with van der Waals surface area (Å²) in [7, 11) is 1.76. The van der Waals surface area contributed by atoms with Crippen LogP contribution in [0.1, 0.15) is 0 Å². The van der Waals surface area contributed by atoms with E-state index in [-0.39, 0.29) is 0 Å². The standard InChI is InChI=1S/C30H22P2/c1-5-13-21(14-6-1)25-26(22-15-7-2-8-16-22)28(24-19-11-4-12-20-24)30-29(31-32-30)27(25)23-17-9-3-10-18-23/h1-20,31-32H. The fourth-order valence-electron chi connectivity index (χ4n) is 4.64. The molecule has 0 radical (unpaired) electrons. The van der Waals surface area contributed by atoms with Gasteiger partial charge in [-0.3, -0.25) is 0 Å². The Morgan fingerprint density at radius 2 is 0.531 bits per heavy atom. The summed E-state index contributed by atoms with van der Waals surface area (Å²) in [6.07, 6.45) is 0. The molecule has 0 fully saturated rings. The van der Waals surface area contributed by atoms with E-state index in [0.29, 0.717) is 0 Å². The van der Waals surface area contributed by atoms with Gasteiger partial charge in [-0.1, -0.05) is 121 Å². The second-order valence-corrected chi connectivity index (χ2v) is 11.0. The second-order valence-electron chi connectivity index (χ2n) is 7.96. The Labute approximate surface area is 191 Å². The van der Waals surface area contributed by atoms with Crippen molar-refractivity contribution in [2.45, 2.75) is 0 Å². The van der Waals surface area contributed by atoms with Crippen LogP contribution in [0.15, 0.2) is 121 Å². The predicted molar refractivity (Wildman–Crippen MR) is 145 cm³/mol. The molecule has 0 spiro atoms. The van der Waals surface area contributed by atoms with Crippen molar-refractivity contribution in [2.24, 2.45) is 0 Å². The zero-order valence-electron chi connectivity index (χ0n) is 17.5. The minimum atomic E-state index is 0.881. The highest BCUT2D eigenvalue weighted by Crippen LogP contribution is 2.59. The first-order valence-electron chi connectivity index (χ1n) is 10.9. The van der Waals surface area contributed by atoms with Crippen molar-refractivity contribution in [1.29, 1.82) is 0 Å². The zero-order valence-corrected chi connectivity index (χ0v) is 19.5. The van der Waals surface area contributed by atoms with E-state index in [9.17, 15) is 0 Å². The molecule has 5 aromatic carbocycles. The molecule has 0 aliphatic carbocycles. The van der Waals surface area contributed by atoms with Gasteiger partial charge in [-0.05, 0) is 33.4 Å². The van der Waals surface area contributed by atoms with Crippen LogP contribution in [0.4, 0.5) is 0 Å². The number of hydrogen-bond acceptors (Lipinski definition) is 0. The maximum atomic E-state index is 2.27. The number of fused-ring (bicyclic) bond motifs is 1. The average Bonchev–Trinajstić information content (AvgIpc) is 2.86. The first kappa shape index (κ1) is 19.4. The summed E-state index contributed by atoms with van der Waals surface area (Å²) in [5, 5.41) is 3.10. The summed E-state index contributed by atoms with van der Waals surface area (Å²) in [6.45, 7) is 0. The molecule has 0 saturated carbocycles. The molecule has 0 bridgehead atoms. The van der Waals surface area contributed by atoms with E-state index in [1.54, 1.807) is 10.2 Å². The van der Waals surface area contributed by atoms with Gasteiger partial charge in [-0.25, -0.2) is 0 Å². The van der Waals surface area contributed by atoms with E-state index < -0.39 is 0 Å². The van der Waals surface area contributed by atoms with Gasteiger partial charge in [0.15, 0.2) is 0 Å². The highest BCUT2D eigenvalue weighted by Gasteiger charge is 2.24. The molecule has 1 heterocycles. The normalized spacial score (nSPS) is 11.6. The third-order valence-electron chi connectivity index (χ3n) is 6.06. The van der Waals surface area contributed by atoms with Crippen LogP contribution in [0.3, 0.4) is 0 Å². The van der Waals surface area contributed by atoms with E-state index in [4.69, 9.17) is 0 Å². The molecule has 0 aliphatic rings. The Morgan fingerprint density at radius 1 is 0.281 bits per heavy atom. The van der Waals surface area contributed by atoms with Crippen LogP contribution in [0, 0.1) is 0 Å². The topological polar surface area (TPSA) is 0 Å². The third-order valence-corrected chi connectivity index (χ3v) is 9.81. The van der Waals surface area contributed by atoms with Gasteiger partial charge in [0.05, 0.1) is 0 Å². The van der Waals surface area contributed by atoms with Gasteiger partial charge >= 0.3 is 0 Å². The quantitative estimate of drug-likeness (QED) is 0.254. The summed E-state index contributed by atoms with van der Waals surface area (Å²) in [5.74, 6) is 0. The van der Waals surface area contributed by atoms with Crippen LogP contribution in [0.2, 0.25) is 0 Å². The summed E-state index contributed by atoms with van der Waals surface area (Å²) >= 11 is 0. The number of hydrogen-bond donors (Lipinski definition) is 0. The van der Waals surface area contributed by atoms with Crippen molar-refractivity contribution in [3.63, 3.8) is 0 Å². The highest BCUT2D eigenvalue weighted by molar-refractivity contribution is 7.99. The van der Waals surface area contributed by atoms with Crippen LogP contribution in [0.25, 0.3) is 54.7 Å². The molecule has 1 aromatic heterocycles. The molecular formula is C30H22P2. The predicted octanol–water partition coefficient (Wildman–Crippen LogP) is 9.57. The van der Waals surface area contributed by atoms with Gasteiger partial charge < -0.3 is 0 Å². The second kappa shape index (κ2) is 8.33. The van der Waals surface area contributed by atoms with Gasteiger partial charge in [-0.15, -0.1) is 15.7 Å². The fraction of sp³-hybridized carbons (Fsp3) is 0. The highest BCUT2D eigenvalue weighted by atomic mass is 31.8. The van der Waals surface area contributed by atoms with Crippen molar-refractivity contribution < 1.29 is 0 Å². The largest absolute Gasteiger partial charge is 0.112 e. The maximum absolute atomic E-state index is 2.27. The molecule has 152 valence electrons. The summed E-state index contributed by atoms with van der Waals surface area (Å²) in [6, 6.07) is 43.8. The molecule has 2 unspecified atom stereocenters. The Morgan fingerprint density at radius 3 is 0.781 bits per heavy atom. The third kappa shape index (κ3) is 3.25. The Hall–Kier alpha value is -3.30. The van der Waals surface area contributed by atoms with E-state index >= 15 is 0 Å². The Balaban J connectivity index is 1.83. The van der Waals surface area contributed by atoms with Gasteiger partial charge in [0.1, 0.15) is 0 Å². The minimum absolute atomic E-state index is 0.881. The number of rotatable bonds is 4. The van der Waals surface area contributed by atoms with Crippen LogP contribution in [0.5, 0.6) is 0 Å². The number of benzene rings is 5. The molecule has 6 aromatic rings. The Bertz CT molecular complexity index is 1360. The lowest BCUT2D eigenvalue weighted by Crippen LogP contribution is -1.96. The SMILES string of the molecule is c1ccc(-c2c(-c3ccccc3)c(-c3ccccc3)c3[pH][pH]c3c2-c2ccccc2)cc1. The lowest BCUT2D eigenvalue weighted by Gasteiger charge is -2.25. The van der Waals surface area contributed by atoms with Gasteiger partial charge in [-0.2, -0.15) is 0 Å². The van der Waals surface area contributed by atoms with Crippen molar-refractivity contribution in [2.75, 3.05) is 0 Å². The van der Waals surface area contributed by atoms with Gasteiger partial charge in [0.25, 0.3) is 0 Å². The van der Waals surface area contributed by atoms with Crippen molar-refractivity contribution in [3.05, 3.63) is 121 Å². The molecular weight excluding hydrogens is 422 g/mol. The summed E-state index contributed by atoms with van der Waals surface area (Å²) in [4.78, 5) is 0. The monoisotopic (exact) mass is 444 g/mol. The van der Waals surface area contributed by atoms with Crippen LogP contribution in [-0.2, 0) is 0 Å². The molecule has 32 heavy (non-hydrogen) atoms. The molecule has 2 heteroatoms. The average molecular weight is 444 g/mol. The molecule has 0 amide bonds. The lowest BCUT2D eigenvalue weighted by atomic mass is 9.83. The molecule has 0 aliphatic heterocycles. The van der Waals surface area contributed by atoms with Crippen molar-refractivity contribution >= 4 is 26.0 Å². The zero-order chi connectivity index (χ0) is 21.3. The van der Waals surface area contributed by atoms with E-state index in [1.807, 2.05) is 0 Å². The molecule has 0 saturated heterocycles. The molecule has 6 rings (SSSR count). The lowest BCUT2D eigenvalue weighted by molar-refractivity contribution is 1.58. The fourth-order valence-corrected chi connectivity index (χ4v) is 7.93. The smallest absolute Gasteiger partial charge is 0.0148 e. The molecule has 0 N–H and O–H groups in total. The first-order valence-corrected chi connectivity index (χ1v) is 13.9. The molecule has 0 nitrogen and oxygen atoms in total. The van der Waals surface area contributed by atoms with Crippen LogP contribution < -0.4 is 0 Å². The molecule has 2 atom stereocenters. The van der Waals surface area contributed by atoms with E-state index in [2.05, 4.69) is 121 Å². The summed E-state index contributed by atoms with van der Waals surface area (Å²) in [5.41, 5.74) is 10.8. The van der Waals surface area contributed by atoms with Crippen molar-refractivity contribution in [1.82, 2.24) is 0 Å². The van der Waals surface area contributed by atoms with Gasteiger partial charge in [0.2, 0.25) is 0 Å². The van der Waals surface area contributed by atoms with Gasteiger partial charge in [0, 0.05) is 21.4 Å². The van der Waals surface area contributed by atoms with Crippen molar-refractivity contribution in [3.8, 4) is 44.5 Å². The Kier molecular flexibility index (Phi) is 5.05. The minimum Gasteiger partial charge on any atom is -0.112 e.